The maximum atomic E-state index is 6.35. The normalized spacial score (nSPS) is 17.5. The summed E-state index contributed by atoms with van der Waals surface area (Å²) in [5, 5.41) is 4.44. The van der Waals surface area contributed by atoms with Crippen molar-refractivity contribution in [2.24, 2.45) is 0 Å². The van der Waals surface area contributed by atoms with Crippen molar-refractivity contribution in [2.45, 2.75) is 31.6 Å². The summed E-state index contributed by atoms with van der Waals surface area (Å²) in [4.78, 5) is 0. The molecule has 0 aromatic heterocycles. The largest absolute Gasteiger partial charge is 0.316 e. The smallest absolute Gasteiger partial charge is 0.0444 e. The van der Waals surface area contributed by atoms with E-state index in [0.29, 0.717) is 0 Å². The maximum Gasteiger partial charge on any atom is 0.0444 e. The van der Waals surface area contributed by atoms with Gasteiger partial charge in [-0.05, 0) is 37.4 Å². The number of hydrogen-bond acceptors (Lipinski definition) is 1. The van der Waals surface area contributed by atoms with E-state index in [-0.39, 0.29) is 5.41 Å². The molecule has 0 atom stereocenters. The maximum absolute atomic E-state index is 6.35. The van der Waals surface area contributed by atoms with Gasteiger partial charge in [0.05, 0.1) is 0 Å². The number of hydrogen-bond donors (Lipinski definition) is 1. The van der Waals surface area contributed by atoms with E-state index in [1.807, 2.05) is 12.1 Å². The van der Waals surface area contributed by atoms with Crippen molar-refractivity contribution in [3.63, 3.8) is 0 Å². The fourth-order valence-electron chi connectivity index (χ4n) is 2.56. The van der Waals surface area contributed by atoms with E-state index in [4.69, 9.17) is 11.6 Å². The van der Waals surface area contributed by atoms with Crippen LogP contribution in [0.3, 0.4) is 0 Å². The van der Waals surface area contributed by atoms with Gasteiger partial charge in [-0.25, -0.2) is 0 Å². The molecule has 0 bridgehead atoms. The molecule has 1 aromatic rings. The lowest BCUT2D eigenvalue weighted by Crippen LogP contribution is -2.36. The second-order valence-electron chi connectivity index (χ2n) is 4.82. The average Bonchev–Trinajstić information content (AvgIpc) is 2.80. The van der Waals surface area contributed by atoms with Gasteiger partial charge >= 0.3 is 0 Å². The molecular formula is C15H20ClN. The molecular weight excluding hydrogens is 230 g/mol. The van der Waals surface area contributed by atoms with Crippen LogP contribution < -0.4 is 5.32 Å². The first-order valence-corrected chi connectivity index (χ1v) is 6.77. The third kappa shape index (κ3) is 2.72. The first-order valence-electron chi connectivity index (χ1n) is 6.39. The van der Waals surface area contributed by atoms with E-state index >= 15 is 0 Å². The summed E-state index contributed by atoms with van der Waals surface area (Å²) in [6.07, 6.45) is 7.90. The van der Waals surface area contributed by atoms with E-state index in [2.05, 4.69) is 36.5 Å². The molecule has 0 radical (unpaired) electrons. The van der Waals surface area contributed by atoms with Gasteiger partial charge in [0.2, 0.25) is 0 Å². The lowest BCUT2D eigenvalue weighted by Gasteiger charge is -2.31. The molecule has 1 aromatic carbocycles. The lowest BCUT2D eigenvalue weighted by atomic mass is 9.78. The number of rotatable bonds is 5. The van der Waals surface area contributed by atoms with Crippen LogP contribution in [0.15, 0.2) is 36.4 Å². The van der Waals surface area contributed by atoms with Gasteiger partial charge in [-0.3, -0.25) is 0 Å². The monoisotopic (exact) mass is 249 g/mol. The van der Waals surface area contributed by atoms with Gasteiger partial charge in [-0.2, -0.15) is 0 Å². The summed E-state index contributed by atoms with van der Waals surface area (Å²) in [5.74, 6) is 0. The molecule has 1 aliphatic rings. The molecule has 0 spiro atoms. The quantitative estimate of drug-likeness (QED) is 0.616. The zero-order valence-electron chi connectivity index (χ0n) is 10.4. The Labute approximate surface area is 109 Å². The van der Waals surface area contributed by atoms with Crippen LogP contribution >= 0.6 is 11.6 Å². The fourth-order valence-corrected chi connectivity index (χ4v) is 2.89. The molecule has 2 rings (SSSR count). The Hall–Kier alpha value is -0.790. The standard InChI is InChI=1S/C15H20ClN/c1-2-11-17-12-15(9-5-6-10-15)13-7-3-4-8-14(13)16/h3-8,17H,2,9-12H2,1H3. The second kappa shape index (κ2) is 5.70. The van der Waals surface area contributed by atoms with Crippen LogP contribution in [0.4, 0.5) is 0 Å². The van der Waals surface area contributed by atoms with Crippen molar-refractivity contribution >= 4 is 11.6 Å². The number of allylic oxidation sites excluding steroid dienone is 2. The number of nitrogens with one attached hydrogen (secondary N) is 1. The van der Waals surface area contributed by atoms with E-state index in [1.165, 1.54) is 12.0 Å². The van der Waals surface area contributed by atoms with Crippen LogP contribution in [0.2, 0.25) is 5.02 Å². The molecule has 0 saturated heterocycles. The highest BCUT2D eigenvalue weighted by atomic mass is 35.5. The molecule has 0 saturated carbocycles. The van der Waals surface area contributed by atoms with E-state index in [1.54, 1.807) is 0 Å². The molecule has 0 unspecified atom stereocenters. The lowest BCUT2D eigenvalue weighted by molar-refractivity contribution is 0.419. The SMILES string of the molecule is CCCNCC1(c2ccccc2Cl)CC=CC1. The third-order valence-electron chi connectivity index (χ3n) is 3.52. The predicted octanol–water partition coefficient (Wildman–Crippen LogP) is 3.93. The van der Waals surface area contributed by atoms with Crippen molar-refractivity contribution in [2.75, 3.05) is 13.1 Å². The summed E-state index contributed by atoms with van der Waals surface area (Å²) in [6.45, 7) is 4.28. The first kappa shape index (κ1) is 12.7. The fraction of sp³-hybridized carbons (Fsp3) is 0.467. The second-order valence-corrected chi connectivity index (χ2v) is 5.22. The van der Waals surface area contributed by atoms with Crippen molar-refractivity contribution in [1.82, 2.24) is 5.32 Å². The summed E-state index contributed by atoms with van der Waals surface area (Å²) in [6, 6.07) is 8.25. The Morgan fingerprint density at radius 3 is 2.59 bits per heavy atom. The number of halogens is 1. The van der Waals surface area contributed by atoms with E-state index in [0.717, 1.165) is 31.0 Å². The van der Waals surface area contributed by atoms with Crippen LogP contribution in [0.5, 0.6) is 0 Å². The van der Waals surface area contributed by atoms with Crippen molar-refractivity contribution < 1.29 is 0 Å². The minimum atomic E-state index is 0.174. The van der Waals surface area contributed by atoms with Gasteiger partial charge in [0, 0.05) is 17.0 Å². The Morgan fingerprint density at radius 2 is 1.94 bits per heavy atom. The third-order valence-corrected chi connectivity index (χ3v) is 3.85. The van der Waals surface area contributed by atoms with Crippen molar-refractivity contribution in [1.29, 1.82) is 0 Å². The minimum absolute atomic E-state index is 0.174. The summed E-state index contributed by atoms with van der Waals surface area (Å²) in [5.41, 5.74) is 1.46. The van der Waals surface area contributed by atoms with Crippen molar-refractivity contribution in [3.8, 4) is 0 Å². The molecule has 0 amide bonds. The van der Waals surface area contributed by atoms with E-state index in [9.17, 15) is 0 Å². The molecule has 0 aliphatic heterocycles. The minimum Gasteiger partial charge on any atom is -0.316 e. The van der Waals surface area contributed by atoms with Crippen LogP contribution in [-0.2, 0) is 5.41 Å². The highest BCUT2D eigenvalue weighted by molar-refractivity contribution is 6.31. The summed E-state index contributed by atoms with van der Waals surface area (Å²) >= 11 is 6.35. The summed E-state index contributed by atoms with van der Waals surface area (Å²) in [7, 11) is 0. The van der Waals surface area contributed by atoms with Gasteiger partial charge < -0.3 is 5.32 Å². The van der Waals surface area contributed by atoms with Crippen molar-refractivity contribution in [3.05, 3.63) is 47.0 Å². The molecule has 1 nitrogen and oxygen atoms in total. The van der Waals surface area contributed by atoms with Gasteiger partial charge in [0.25, 0.3) is 0 Å². The molecule has 1 aliphatic carbocycles. The van der Waals surface area contributed by atoms with Gasteiger partial charge in [0.15, 0.2) is 0 Å². The first-order chi connectivity index (χ1) is 8.28. The Morgan fingerprint density at radius 1 is 1.24 bits per heavy atom. The molecule has 17 heavy (non-hydrogen) atoms. The van der Waals surface area contributed by atoms with Crippen LogP contribution in [0, 0.1) is 0 Å². The summed E-state index contributed by atoms with van der Waals surface area (Å²) < 4.78 is 0. The highest BCUT2D eigenvalue weighted by Gasteiger charge is 2.33. The topological polar surface area (TPSA) is 12.0 Å². The highest BCUT2D eigenvalue weighted by Crippen LogP contribution is 2.39. The Bertz CT molecular complexity index is 390. The van der Waals surface area contributed by atoms with E-state index < -0.39 is 0 Å². The molecule has 1 N–H and O–H groups in total. The Balaban J connectivity index is 2.19. The molecule has 92 valence electrons. The zero-order chi connectivity index (χ0) is 12.1. The van der Waals surface area contributed by atoms with Crippen LogP contribution in [0.25, 0.3) is 0 Å². The van der Waals surface area contributed by atoms with Crippen LogP contribution in [-0.4, -0.2) is 13.1 Å². The Kier molecular flexibility index (Phi) is 4.25. The average molecular weight is 250 g/mol. The molecule has 0 heterocycles. The predicted molar refractivity (Wildman–Crippen MR) is 74.7 cm³/mol. The van der Waals surface area contributed by atoms with Gasteiger partial charge in [0.1, 0.15) is 0 Å². The number of benzene rings is 1. The molecule has 0 fully saturated rings. The molecule has 2 heteroatoms. The van der Waals surface area contributed by atoms with Gasteiger partial charge in [-0.15, -0.1) is 0 Å². The van der Waals surface area contributed by atoms with Gasteiger partial charge in [-0.1, -0.05) is 48.9 Å². The zero-order valence-corrected chi connectivity index (χ0v) is 11.1. The van der Waals surface area contributed by atoms with Crippen LogP contribution in [0.1, 0.15) is 31.7 Å².